The maximum Gasteiger partial charge on any atom is 0.406 e. The number of hydrogen-bond donors (Lipinski definition) is 1. The molecule has 2 rings (SSSR count). The van der Waals surface area contributed by atoms with Crippen LogP contribution in [0, 0.1) is 17.0 Å². The van der Waals surface area contributed by atoms with Crippen molar-refractivity contribution in [2.45, 2.75) is 46.5 Å². The molecule has 144 valence electrons. The van der Waals surface area contributed by atoms with E-state index in [1.807, 2.05) is 18.2 Å². The highest BCUT2D eigenvalue weighted by atomic mass is 16.6. The van der Waals surface area contributed by atoms with E-state index in [0.717, 1.165) is 16.8 Å². The molecule has 1 amide bonds. The van der Waals surface area contributed by atoms with Crippen LogP contribution < -0.4 is 10.1 Å². The molecule has 1 N–H and O–H groups in total. The minimum absolute atomic E-state index is 0.0259. The first-order valence-electron chi connectivity index (χ1n) is 8.88. The molecular formula is C20H25N3O4. The first kappa shape index (κ1) is 20.4. The second-order valence-electron chi connectivity index (χ2n) is 6.99. The molecule has 1 aromatic carbocycles. The van der Waals surface area contributed by atoms with Crippen molar-refractivity contribution in [3.05, 3.63) is 57.3 Å². The van der Waals surface area contributed by atoms with Gasteiger partial charge in [-0.3, -0.25) is 4.79 Å². The molecule has 1 heterocycles. The molecule has 0 saturated heterocycles. The van der Waals surface area contributed by atoms with Crippen LogP contribution in [0.3, 0.4) is 0 Å². The number of amides is 1. The van der Waals surface area contributed by atoms with Crippen LogP contribution in [0.2, 0.25) is 0 Å². The van der Waals surface area contributed by atoms with Crippen LogP contribution in [-0.2, 0) is 4.79 Å². The van der Waals surface area contributed by atoms with Crippen LogP contribution >= 0.6 is 0 Å². The Morgan fingerprint density at radius 1 is 1.15 bits per heavy atom. The fourth-order valence-corrected chi connectivity index (χ4v) is 2.79. The quantitative estimate of drug-likeness (QED) is 0.568. The van der Waals surface area contributed by atoms with Crippen molar-refractivity contribution in [2.75, 3.05) is 11.9 Å². The number of pyridine rings is 1. The summed E-state index contributed by atoms with van der Waals surface area (Å²) in [5.41, 5.74) is 3.37. The molecule has 1 aromatic heterocycles. The predicted octanol–water partition coefficient (Wildman–Crippen LogP) is 4.56. The van der Waals surface area contributed by atoms with Gasteiger partial charge in [0, 0.05) is 12.6 Å². The highest BCUT2D eigenvalue weighted by molar-refractivity contribution is 5.93. The standard InChI is InChI=1S/C20H25N3O4/c1-12(2)15-7-6-8-16(13(3)4)19(15)22-18(24)11-27-17-10-9-14(5)21-20(17)23(25)26/h6-10,12-13H,11H2,1-5H3,(H,22,24). The van der Waals surface area contributed by atoms with Crippen LogP contribution in [0.15, 0.2) is 30.3 Å². The molecule has 2 aromatic rings. The Morgan fingerprint density at radius 3 is 2.26 bits per heavy atom. The Morgan fingerprint density at radius 2 is 1.74 bits per heavy atom. The van der Waals surface area contributed by atoms with Crippen molar-refractivity contribution in [3.63, 3.8) is 0 Å². The summed E-state index contributed by atoms with van der Waals surface area (Å²) in [6, 6.07) is 9.02. The zero-order valence-electron chi connectivity index (χ0n) is 16.3. The van der Waals surface area contributed by atoms with Gasteiger partial charge in [-0.05, 0) is 45.0 Å². The summed E-state index contributed by atoms with van der Waals surface area (Å²) < 4.78 is 5.37. The van der Waals surface area contributed by atoms with Crippen molar-refractivity contribution in [1.82, 2.24) is 4.98 Å². The van der Waals surface area contributed by atoms with E-state index >= 15 is 0 Å². The Labute approximate surface area is 158 Å². The number of nitro groups is 1. The van der Waals surface area contributed by atoms with Crippen molar-refractivity contribution >= 4 is 17.4 Å². The highest BCUT2D eigenvalue weighted by Gasteiger charge is 2.20. The Bertz CT molecular complexity index is 821. The van der Waals surface area contributed by atoms with Crippen LogP contribution in [-0.4, -0.2) is 22.4 Å². The van der Waals surface area contributed by atoms with Gasteiger partial charge in [0.2, 0.25) is 5.75 Å². The highest BCUT2D eigenvalue weighted by Crippen LogP contribution is 2.32. The molecule has 0 aliphatic carbocycles. The molecule has 0 bridgehead atoms. The lowest BCUT2D eigenvalue weighted by atomic mass is 9.92. The lowest BCUT2D eigenvalue weighted by Gasteiger charge is -2.20. The third kappa shape index (κ3) is 5.03. The Balaban J connectivity index is 2.19. The normalized spacial score (nSPS) is 10.9. The molecule has 0 aliphatic rings. The molecule has 7 nitrogen and oxygen atoms in total. The van der Waals surface area contributed by atoms with Crippen LogP contribution in [0.25, 0.3) is 0 Å². The summed E-state index contributed by atoms with van der Waals surface area (Å²) in [5, 5.41) is 14.0. The van der Waals surface area contributed by atoms with Gasteiger partial charge in [0.1, 0.15) is 5.69 Å². The van der Waals surface area contributed by atoms with Crippen LogP contribution in [0.1, 0.15) is 56.4 Å². The number of ether oxygens (including phenoxy) is 1. The van der Waals surface area contributed by atoms with Crippen molar-refractivity contribution in [1.29, 1.82) is 0 Å². The summed E-state index contributed by atoms with van der Waals surface area (Å²) in [6.45, 7) is 9.56. The molecule has 0 fully saturated rings. The maximum atomic E-state index is 12.5. The molecule has 0 radical (unpaired) electrons. The number of para-hydroxylation sites is 1. The summed E-state index contributed by atoms with van der Waals surface area (Å²) in [5.74, 6) is -0.320. The number of nitrogens with zero attached hydrogens (tertiary/aromatic N) is 2. The van der Waals surface area contributed by atoms with E-state index < -0.39 is 10.7 Å². The maximum absolute atomic E-state index is 12.5. The average Bonchev–Trinajstić information content (AvgIpc) is 2.60. The SMILES string of the molecule is Cc1ccc(OCC(=O)Nc2c(C(C)C)cccc2C(C)C)c([N+](=O)[O-])n1. The molecule has 0 spiro atoms. The fraction of sp³-hybridized carbons (Fsp3) is 0.400. The molecule has 27 heavy (non-hydrogen) atoms. The van der Waals surface area contributed by atoms with Gasteiger partial charge in [-0.2, -0.15) is 0 Å². The van der Waals surface area contributed by atoms with Crippen molar-refractivity contribution < 1.29 is 14.5 Å². The van der Waals surface area contributed by atoms with Crippen LogP contribution in [0.4, 0.5) is 11.5 Å². The van der Waals surface area contributed by atoms with Gasteiger partial charge in [-0.1, -0.05) is 45.9 Å². The minimum Gasteiger partial charge on any atom is -0.476 e. The van der Waals surface area contributed by atoms with Crippen LogP contribution in [0.5, 0.6) is 5.75 Å². The van der Waals surface area contributed by atoms with Crippen molar-refractivity contribution in [3.8, 4) is 5.75 Å². The average molecular weight is 371 g/mol. The summed E-state index contributed by atoms with van der Waals surface area (Å²) in [6.07, 6.45) is 0. The van der Waals surface area contributed by atoms with E-state index in [0.29, 0.717) is 5.69 Å². The topological polar surface area (TPSA) is 94.4 Å². The van der Waals surface area contributed by atoms with E-state index in [1.54, 1.807) is 13.0 Å². The zero-order valence-corrected chi connectivity index (χ0v) is 16.3. The second kappa shape index (κ2) is 8.62. The van der Waals surface area contributed by atoms with E-state index in [4.69, 9.17) is 4.74 Å². The van der Waals surface area contributed by atoms with E-state index in [1.165, 1.54) is 6.07 Å². The molecular weight excluding hydrogens is 346 g/mol. The minimum atomic E-state index is -0.620. The molecule has 0 unspecified atom stereocenters. The lowest BCUT2D eigenvalue weighted by molar-refractivity contribution is -0.390. The monoisotopic (exact) mass is 371 g/mol. The zero-order chi connectivity index (χ0) is 20.1. The Hall–Kier alpha value is -2.96. The van der Waals surface area contributed by atoms with E-state index in [2.05, 4.69) is 38.0 Å². The number of aromatic nitrogens is 1. The first-order chi connectivity index (χ1) is 12.7. The second-order valence-corrected chi connectivity index (χ2v) is 6.99. The largest absolute Gasteiger partial charge is 0.476 e. The first-order valence-corrected chi connectivity index (χ1v) is 8.88. The summed E-state index contributed by atoms with van der Waals surface area (Å²) in [4.78, 5) is 26.8. The number of aryl methyl sites for hydroxylation is 1. The van der Waals surface area contributed by atoms with Gasteiger partial charge in [-0.25, -0.2) is 0 Å². The molecule has 0 aliphatic heterocycles. The van der Waals surface area contributed by atoms with Gasteiger partial charge in [0.05, 0.1) is 0 Å². The molecule has 0 saturated carbocycles. The number of hydrogen-bond acceptors (Lipinski definition) is 5. The number of nitrogens with one attached hydrogen (secondary N) is 1. The van der Waals surface area contributed by atoms with Gasteiger partial charge in [0.25, 0.3) is 5.91 Å². The smallest absolute Gasteiger partial charge is 0.406 e. The van der Waals surface area contributed by atoms with E-state index in [9.17, 15) is 14.9 Å². The molecule has 0 atom stereocenters. The Kier molecular flexibility index (Phi) is 6.50. The van der Waals surface area contributed by atoms with Gasteiger partial charge < -0.3 is 20.2 Å². The van der Waals surface area contributed by atoms with Crippen molar-refractivity contribution in [2.24, 2.45) is 0 Å². The van der Waals surface area contributed by atoms with Gasteiger partial charge in [0.15, 0.2) is 6.61 Å². The lowest BCUT2D eigenvalue weighted by Crippen LogP contribution is -2.22. The predicted molar refractivity (Wildman–Crippen MR) is 104 cm³/mol. The number of rotatable bonds is 7. The number of anilines is 1. The van der Waals surface area contributed by atoms with Gasteiger partial charge in [-0.15, -0.1) is 0 Å². The third-order valence-electron chi connectivity index (χ3n) is 4.15. The number of carbonyl (C=O) groups is 1. The number of carbonyl (C=O) groups excluding carboxylic acids is 1. The fourth-order valence-electron chi connectivity index (χ4n) is 2.79. The third-order valence-corrected chi connectivity index (χ3v) is 4.15. The van der Waals surface area contributed by atoms with Gasteiger partial charge >= 0.3 is 5.82 Å². The summed E-state index contributed by atoms with van der Waals surface area (Å²) in [7, 11) is 0. The van der Waals surface area contributed by atoms with E-state index in [-0.39, 0.29) is 30.1 Å². The molecule has 7 heteroatoms. The summed E-state index contributed by atoms with van der Waals surface area (Å²) >= 11 is 0. The number of benzene rings is 1.